The Morgan fingerprint density at radius 2 is 2.07 bits per heavy atom. The maximum absolute atomic E-state index is 14.3. The summed E-state index contributed by atoms with van der Waals surface area (Å²) in [7, 11) is 0. The predicted octanol–water partition coefficient (Wildman–Crippen LogP) is 4.71. The highest BCUT2D eigenvalue weighted by molar-refractivity contribution is 7.13. The highest BCUT2D eigenvalue weighted by atomic mass is 32.1. The van der Waals surface area contributed by atoms with E-state index in [0.29, 0.717) is 23.7 Å². The number of rotatable bonds is 7. The van der Waals surface area contributed by atoms with Gasteiger partial charge in [0, 0.05) is 29.0 Å². The molecule has 4 rings (SSSR count). The van der Waals surface area contributed by atoms with Crippen molar-refractivity contribution in [3.63, 3.8) is 0 Å². The van der Waals surface area contributed by atoms with Crippen LogP contribution in [0.4, 0.5) is 10.1 Å². The van der Waals surface area contributed by atoms with Crippen LogP contribution in [0.2, 0.25) is 0 Å². The van der Waals surface area contributed by atoms with Gasteiger partial charge in [-0.15, -0.1) is 11.3 Å². The number of carbonyl (C=O) groups excluding carboxylic acids is 1. The van der Waals surface area contributed by atoms with Crippen molar-refractivity contribution in [2.45, 2.75) is 13.3 Å². The average Bonchev–Trinajstić information content (AvgIpc) is 3.41. The van der Waals surface area contributed by atoms with Crippen LogP contribution in [-0.4, -0.2) is 27.0 Å². The van der Waals surface area contributed by atoms with Crippen LogP contribution in [-0.2, 0) is 11.2 Å². The number of halogens is 1. The Hall–Kier alpha value is -3.52. The third-order valence-corrected chi connectivity index (χ3v) is 5.26. The zero-order chi connectivity index (χ0) is 20.9. The van der Waals surface area contributed by atoms with Crippen molar-refractivity contribution in [1.29, 1.82) is 0 Å². The first-order valence-electron chi connectivity index (χ1n) is 9.37. The second-order valence-electron chi connectivity index (χ2n) is 6.46. The molecule has 0 unspecified atom stereocenters. The summed E-state index contributed by atoms with van der Waals surface area (Å²) in [5.41, 5.74) is 2.39. The number of amides is 1. The molecule has 2 heterocycles. The van der Waals surface area contributed by atoms with Crippen LogP contribution < -0.4 is 10.1 Å². The standard InChI is InChI=1S/C22H19FN4O2S/c1-2-29-18-6-3-15(4-7-18)22-26-17(13-30-22)12-21(28)25-16-5-8-20(19(23)11-16)27-10-9-24-14-27/h3-11,13-14H,2,12H2,1H3,(H,25,28). The fraction of sp³-hybridized carbons (Fsp3) is 0.136. The van der Waals surface area contributed by atoms with E-state index in [0.717, 1.165) is 16.3 Å². The summed E-state index contributed by atoms with van der Waals surface area (Å²) in [5.74, 6) is 0.106. The number of imidazole rings is 1. The molecule has 0 atom stereocenters. The van der Waals surface area contributed by atoms with Gasteiger partial charge in [-0.25, -0.2) is 14.4 Å². The molecule has 0 fully saturated rings. The molecule has 0 saturated carbocycles. The summed E-state index contributed by atoms with van der Waals surface area (Å²) in [6.07, 6.45) is 4.85. The highest BCUT2D eigenvalue weighted by Crippen LogP contribution is 2.26. The van der Waals surface area contributed by atoms with Gasteiger partial charge in [0.1, 0.15) is 16.6 Å². The van der Waals surface area contributed by atoms with E-state index >= 15 is 0 Å². The van der Waals surface area contributed by atoms with Crippen LogP contribution in [0.15, 0.2) is 66.6 Å². The third kappa shape index (κ3) is 4.55. The van der Waals surface area contributed by atoms with E-state index in [-0.39, 0.29) is 12.3 Å². The number of hydrogen-bond donors (Lipinski definition) is 1. The van der Waals surface area contributed by atoms with Crippen LogP contribution in [0.3, 0.4) is 0 Å². The molecule has 0 aliphatic rings. The maximum atomic E-state index is 14.3. The zero-order valence-electron chi connectivity index (χ0n) is 16.2. The summed E-state index contributed by atoms with van der Waals surface area (Å²) in [6, 6.07) is 12.2. The fourth-order valence-electron chi connectivity index (χ4n) is 2.95. The molecule has 6 nitrogen and oxygen atoms in total. The van der Waals surface area contributed by atoms with E-state index < -0.39 is 5.82 Å². The molecule has 8 heteroatoms. The second-order valence-corrected chi connectivity index (χ2v) is 7.32. The van der Waals surface area contributed by atoms with Crippen LogP contribution in [0, 0.1) is 5.82 Å². The normalized spacial score (nSPS) is 10.7. The molecule has 0 aliphatic carbocycles. The van der Waals surface area contributed by atoms with Crippen molar-refractivity contribution in [2.75, 3.05) is 11.9 Å². The number of anilines is 1. The SMILES string of the molecule is CCOc1ccc(-c2nc(CC(=O)Nc3ccc(-n4ccnc4)c(F)c3)cs2)cc1. The van der Waals surface area contributed by atoms with Gasteiger partial charge in [-0.3, -0.25) is 4.79 Å². The minimum Gasteiger partial charge on any atom is -0.494 e. The minimum atomic E-state index is -0.447. The fourth-order valence-corrected chi connectivity index (χ4v) is 3.77. The van der Waals surface area contributed by atoms with Crippen LogP contribution in [0.25, 0.3) is 16.3 Å². The van der Waals surface area contributed by atoms with Crippen LogP contribution >= 0.6 is 11.3 Å². The summed E-state index contributed by atoms with van der Waals surface area (Å²) >= 11 is 1.47. The van der Waals surface area contributed by atoms with Crippen molar-refractivity contribution < 1.29 is 13.9 Å². The van der Waals surface area contributed by atoms with E-state index in [2.05, 4.69) is 15.3 Å². The van der Waals surface area contributed by atoms with E-state index in [1.54, 1.807) is 29.1 Å². The monoisotopic (exact) mass is 422 g/mol. The van der Waals surface area contributed by atoms with E-state index in [1.165, 1.54) is 23.7 Å². The van der Waals surface area contributed by atoms with Gasteiger partial charge >= 0.3 is 0 Å². The number of carbonyl (C=O) groups is 1. The van der Waals surface area contributed by atoms with Crippen molar-refractivity contribution >= 4 is 22.9 Å². The molecular formula is C22H19FN4O2S. The lowest BCUT2D eigenvalue weighted by atomic mass is 10.2. The molecule has 2 aromatic heterocycles. The molecule has 2 aromatic carbocycles. The van der Waals surface area contributed by atoms with Gasteiger partial charge in [-0.1, -0.05) is 0 Å². The lowest BCUT2D eigenvalue weighted by molar-refractivity contribution is -0.115. The molecule has 1 amide bonds. The first kappa shape index (κ1) is 19.8. The third-order valence-electron chi connectivity index (χ3n) is 4.32. The van der Waals surface area contributed by atoms with Crippen molar-refractivity contribution in [3.05, 3.63) is 78.1 Å². The lowest BCUT2D eigenvalue weighted by Gasteiger charge is -2.08. The molecule has 1 N–H and O–H groups in total. The minimum absolute atomic E-state index is 0.110. The van der Waals surface area contributed by atoms with Gasteiger partial charge in [0.25, 0.3) is 0 Å². The largest absolute Gasteiger partial charge is 0.494 e. The van der Waals surface area contributed by atoms with Gasteiger partial charge in [-0.2, -0.15) is 0 Å². The quantitative estimate of drug-likeness (QED) is 0.468. The van der Waals surface area contributed by atoms with Gasteiger partial charge in [-0.05, 0) is 49.4 Å². The zero-order valence-corrected chi connectivity index (χ0v) is 17.0. The Morgan fingerprint density at radius 3 is 2.77 bits per heavy atom. The number of thiazole rings is 1. The smallest absolute Gasteiger partial charge is 0.230 e. The number of aromatic nitrogens is 3. The van der Waals surface area contributed by atoms with E-state index in [9.17, 15) is 9.18 Å². The van der Waals surface area contributed by atoms with Crippen molar-refractivity contribution in [1.82, 2.24) is 14.5 Å². The number of ether oxygens (including phenoxy) is 1. The van der Waals surface area contributed by atoms with Gasteiger partial charge in [0.15, 0.2) is 0 Å². The summed E-state index contributed by atoms with van der Waals surface area (Å²) in [6.45, 7) is 2.56. The van der Waals surface area contributed by atoms with Crippen molar-refractivity contribution in [3.8, 4) is 22.0 Å². The Bertz CT molecular complexity index is 1140. The van der Waals surface area contributed by atoms with Gasteiger partial charge in [0.2, 0.25) is 5.91 Å². The Morgan fingerprint density at radius 1 is 1.23 bits per heavy atom. The summed E-state index contributed by atoms with van der Waals surface area (Å²) in [5, 5.41) is 5.40. The molecule has 0 radical (unpaired) electrons. The molecule has 4 aromatic rings. The number of nitrogens with one attached hydrogen (secondary N) is 1. The topological polar surface area (TPSA) is 69.0 Å². The summed E-state index contributed by atoms with van der Waals surface area (Å²) < 4.78 is 21.4. The lowest BCUT2D eigenvalue weighted by Crippen LogP contribution is -2.15. The van der Waals surface area contributed by atoms with Crippen LogP contribution in [0.5, 0.6) is 5.75 Å². The molecule has 152 valence electrons. The Labute approximate surface area is 177 Å². The highest BCUT2D eigenvalue weighted by Gasteiger charge is 2.11. The first-order chi connectivity index (χ1) is 14.6. The molecule has 0 bridgehead atoms. The Kier molecular flexibility index (Phi) is 5.85. The average molecular weight is 422 g/mol. The van der Waals surface area contributed by atoms with Gasteiger partial charge < -0.3 is 14.6 Å². The van der Waals surface area contributed by atoms with E-state index in [4.69, 9.17) is 4.74 Å². The predicted molar refractivity (Wildman–Crippen MR) is 115 cm³/mol. The summed E-state index contributed by atoms with van der Waals surface area (Å²) in [4.78, 5) is 20.8. The maximum Gasteiger partial charge on any atom is 0.230 e. The van der Waals surface area contributed by atoms with Crippen LogP contribution in [0.1, 0.15) is 12.6 Å². The second kappa shape index (κ2) is 8.87. The van der Waals surface area contributed by atoms with Crippen molar-refractivity contribution in [2.24, 2.45) is 0 Å². The molecule has 30 heavy (non-hydrogen) atoms. The molecule has 0 saturated heterocycles. The molecule has 0 spiro atoms. The molecule has 0 aliphatic heterocycles. The number of nitrogens with zero attached hydrogens (tertiary/aromatic N) is 3. The molecular weight excluding hydrogens is 403 g/mol. The van der Waals surface area contributed by atoms with Gasteiger partial charge in [0.05, 0.1) is 30.7 Å². The first-order valence-corrected chi connectivity index (χ1v) is 10.3. The Balaban J connectivity index is 1.39. The number of hydrogen-bond acceptors (Lipinski definition) is 5. The van der Waals surface area contributed by atoms with E-state index in [1.807, 2.05) is 36.6 Å². The number of benzene rings is 2.